The average Bonchev–Trinajstić information content (AvgIpc) is 2.73. The molecule has 1 fully saturated rings. The second-order valence-electron chi connectivity index (χ2n) is 7.06. The van der Waals surface area contributed by atoms with E-state index >= 15 is 0 Å². The SMILES string of the molecule is CC(NC(=O)CCN1CCN(c2cccc([N+](=O)[O-])c2)CC1)c1ccccc1. The average molecular weight is 382 g/mol. The molecule has 1 amide bonds. The fraction of sp³-hybridized carbons (Fsp3) is 0.381. The van der Waals surface area contributed by atoms with Gasteiger partial charge in [-0.15, -0.1) is 0 Å². The van der Waals surface area contributed by atoms with Gasteiger partial charge >= 0.3 is 0 Å². The van der Waals surface area contributed by atoms with Crippen LogP contribution in [0.15, 0.2) is 54.6 Å². The zero-order chi connectivity index (χ0) is 19.9. The van der Waals surface area contributed by atoms with Crippen LogP contribution in [-0.2, 0) is 4.79 Å². The van der Waals surface area contributed by atoms with Gasteiger partial charge in [-0.1, -0.05) is 36.4 Å². The van der Waals surface area contributed by atoms with Crippen molar-refractivity contribution in [3.05, 3.63) is 70.3 Å². The summed E-state index contributed by atoms with van der Waals surface area (Å²) in [5.41, 5.74) is 2.09. The summed E-state index contributed by atoms with van der Waals surface area (Å²) in [5.74, 6) is 0.0532. The minimum atomic E-state index is -0.366. The highest BCUT2D eigenvalue weighted by atomic mass is 16.6. The van der Waals surface area contributed by atoms with Gasteiger partial charge in [-0.2, -0.15) is 0 Å². The van der Waals surface area contributed by atoms with Gasteiger partial charge in [0.1, 0.15) is 0 Å². The van der Waals surface area contributed by atoms with Crippen molar-refractivity contribution in [3.8, 4) is 0 Å². The van der Waals surface area contributed by atoms with Crippen LogP contribution >= 0.6 is 0 Å². The smallest absolute Gasteiger partial charge is 0.271 e. The molecule has 0 radical (unpaired) electrons. The lowest BCUT2D eigenvalue weighted by atomic mass is 10.1. The number of non-ortho nitro benzene ring substituents is 1. The third-order valence-corrected chi connectivity index (χ3v) is 5.11. The van der Waals surface area contributed by atoms with Crippen molar-refractivity contribution in [1.82, 2.24) is 10.2 Å². The first kappa shape index (κ1) is 19.8. The normalized spacial score (nSPS) is 15.8. The maximum absolute atomic E-state index is 12.2. The molecule has 1 N–H and O–H groups in total. The predicted octanol–water partition coefficient (Wildman–Crippen LogP) is 2.98. The number of anilines is 1. The number of piperazine rings is 1. The molecule has 7 nitrogen and oxygen atoms in total. The Hall–Kier alpha value is -2.93. The van der Waals surface area contributed by atoms with Crippen molar-refractivity contribution in [1.29, 1.82) is 0 Å². The van der Waals surface area contributed by atoms with Crippen LogP contribution in [0.25, 0.3) is 0 Å². The number of carbonyl (C=O) groups excluding carboxylic acids is 1. The molecular weight excluding hydrogens is 356 g/mol. The first-order valence-electron chi connectivity index (χ1n) is 9.59. The highest BCUT2D eigenvalue weighted by Crippen LogP contribution is 2.22. The molecule has 7 heteroatoms. The van der Waals surface area contributed by atoms with Gasteiger partial charge in [0.2, 0.25) is 5.91 Å². The van der Waals surface area contributed by atoms with Crippen molar-refractivity contribution in [2.45, 2.75) is 19.4 Å². The number of amides is 1. The maximum Gasteiger partial charge on any atom is 0.271 e. The number of nitrogens with zero attached hydrogens (tertiary/aromatic N) is 3. The second kappa shape index (κ2) is 9.32. The summed E-state index contributed by atoms with van der Waals surface area (Å²) in [6, 6.07) is 16.7. The molecule has 0 bridgehead atoms. The summed E-state index contributed by atoms with van der Waals surface area (Å²) in [6.45, 7) is 5.97. The van der Waals surface area contributed by atoms with Crippen molar-refractivity contribution in [3.63, 3.8) is 0 Å². The third-order valence-electron chi connectivity index (χ3n) is 5.11. The van der Waals surface area contributed by atoms with E-state index in [4.69, 9.17) is 0 Å². The van der Waals surface area contributed by atoms with Gasteiger partial charge in [-0.05, 0) is 18.6 Å². The van der Waals surface area contributed by atoms with Crippen LogP contribution in [0.5, 0.6) is 0 Å². The summed E-state index contributed by atoms with van der Waals surface area (Å²) in [4.78, 5) is 27.2. The molecule has 0 aromatic heterocycles. The zero-order valence-electron chi connectivity index (χ0n) is 16.1. The number of carbonyl (C=O) groups is 1. The summed E-state index contributed by atoms with van der Waals surface area (Å²) in [7, 11) is 0. The number of hydrogen-bond donors (Lipinski definition) is 1. The predicted molar refractivity (Wildman–Crippen MR) is 109 cm³/mol. The molecule has 1 aliphatic heterocycles. The minimum Gasteiger partial charge on any atom is -0.369 e. The Balaban J connectivity index is 1.42. The quantitative estimate of drug-likeness (QED) is 0.588. The van der Waals surface area contributed by atoms with E-state index < -0.39 is 0 Å². The molecule has 3 rings (SSSR count). The number of nitro benzene ring substituents is 1. The van der Waals surface area contributed by atoms with E-state index in [2.05, 4.69) is 15.1 Å². The van der Waals surface area contributed by atoms with E-state index in [1.165, 1.54) is 6.07 Å². The Kier molecular flexibility index (Phi) is 6.60. The van der Waals surface area contributed by atoms with Gasteiger partial charge in [0.15, 0.2) is 0 Å². The van der Waals surface area contributed by atoms with Crippen LogP contribution in [0, 0.1) is 10.1 Å². The van der Waals surface area contributed by atoms with Gasteiger partial charge in [0.25, 0.3) is 5.69 Å². The minimum absolute atomic E-state index is 0.000538. The van der Waals surface area contributed by atoms with Crippen molar-refractivity contribution in [2.24, 2.45) is 0 Å². The molecule has 1 saturated heterocycles. The number of benzene rings is 2. The van der Waals surface area contributed by atoms with Crippen molar-refractivity contribution in [2.75, 3.05) is 37.6 Å². The van der Waals surface area contributed by atoms with Gasteiger partial charge in [-0.3, -0.25) is 19.8 Å². The first-order valence-corrected chi connectivity index (χ1v) is 9.59. The third kappa shape index (κ3) is 5.29. The number of nitro groups is 1. The Bertz CT molecular complexity index is 804. The lowest BCUT2D eigenvalue weighted by Gasteiger charge is -2.36. The van der Waals surface area contributed by atoms with Crippen LogP contribution in [-0.4, -0.2) is 48.5 Å². The number of nitrogens with one attached hydrogen (secondary N) is 1. The monoisotopic (exact) mass is 382 g/mol. The van der Waals surface area contributed by atoms with Crippen LogP contribution in [0.3, 0.4) is 0 Å². The van der Waals surface area contributed by atoms with Crippen LogP contribution in [0.2, 0.25) is 0 Å². The molecule has 0 spiro atoms. The second-order valence-corrected chi connectivity index (χ2v) is 7.06. The maximum atomic E-state index is 12.2. The van der Waals surface area contributed by atoms with Crippen molar-refractivity contribution >= 4 is 17.3 Å². The van der Waals surface area contributed by atoms with Gasteiger partial charge < -0.3 is 10.2 Å². The summed E-state index contributed by atoms with van der Waals surface area (Å²) < 4.78 is 0. The molecule has 0 aliphatic carbocycles. The van der Waals surface area contributed by atoms with E-state index in [0.717, 1.165) is 44.0 Å². The molecule has 1 unspecified atom stereocenters. The highest BCUT2D eigenvalue weighted by Gasteiger charge is 2.19. The Morgan fingerprint density at radius 3 is 2.50 bits per heavy atom. The summed E-state index contributed by atoms with van der Waals surface area (Å²) >= 11 is 0. The molecule has 1 heterocycles. The number of rotatable bonds is 7. The molecule has 2 aromatic rings. The molecule has 1 atom stereocenters. The number of hydrogen-bond acceptors (Lipinski definition) is 5. The van der Waals surface area contributed by atoms with E-state index in [1.807, 2.05) is 43.3 Å². The van der Waals surface area contributed by atoms with Crippen LogP contribution in [0.4, 0.5) is 11.4 Å². The first-order chi connectivity index (χ1) is 13.5. The molecule has 1 aliphatic rings. The van der Waals surface area contributed by atoms with E-state index in [1.54, 1.807) is 12.1 Å². The Morgan fingerprint density at radius 1 is 1.11 bits per heavy atom. The van der Waals surface area contributed by atoms with Crippen molar-refractivity contribution < 1.29 is 9.72 Å². The van der Waals surface area contributed by atoms with E-state index in [-0.39, 0.29) is 22.6 Å². The van der Waals surface area contributed by atoms with E-state index in [0.29, 0.717) is 6.42 Å². The lowest BCUT2D eigenvalue weighted by Crippen LogP contribution is -2.47. The molecule has 2 aromatic carbocycles. The lowest BCUT2D eigenvalue weighted by molar-refractivity contribution is -0.384. The van der Waals surface area contributed by atoms with Gasteiger partial charge in [-0.25, -0.2) is 0 Å². The Labute approximate surface area is 165 Å². The molecular formula is C21H26N4O3. The zero-order valence-corrected chi connectivity index (χ0v) is 16.1. The molecule has 148 valence electrons. The largest absolute Gasteiger partial charge is 0.369 e. The fourth-order valence-electron chi connectivity index (χ4n) is 3.43. The summed E-state index contributed by atoms with van der Waals surface area (Å²) in [5, 5.41) is 14.0. The topological polar surface area (TPSA) is 78.7 Å². The fourth-order valence-corrected chi connectivity index (χ4v) is 3.43. The molecule has 28 heavy (non-hydrogen) atoms. The van der Waals surface area contributed by atoms with Crippen LogP contribution < -0.4 is 10.2 Å². The van der Waals surface area contributed by atoms with Gasteiger partial charge in [0, 0.05) is 57.0 Å². The highest BCUT2D eigenvalue weighted by molar-refractivity contribution is 5.76. The van der Waals surface area contributed by atoms with Crippen LogP contribution in [0.1, 0.15) is 24.9 Å². The summed E-state index contributed by atoms with van der Waals surface area (Å²) in [6.07, 6.45) is 0.466. The standard InChI is InChI=1S/C21H26N4O3/c1-17(18-6-3-2-4-7-18)22-21(26)10-11-23-12-14-24(15-13-23)19-8-5-9-20(16-19)25(27)28/h2-9,16-17H,10-15H2,1H3,(H,22,26). The Morgan fingerprint density at radius 2 is 1.82 bits per heavy atom. The van der Waals surface area contributed by atoms with Gasteiger partial charge in [0.05, 0.1) is 11.0 Å². The molecule has 0 saturated carbocycles. The van der Waals surface area contributed by atoms with E-state index in [9.17, 15) is 14.9 Å².